The highest BCUT2D eigenvalue weighted by molar-refractivity contribution is 5.86. The number of benzene rings is 3. The lowest BCUT2D eigenvalue weighted by Gasteiger charge is -2.20. The average Bonchev–Trinajstić information content (AvgIpc) is 2.73. The van der Waals surface area contributed by atoms with Gasteiger partial charge in [-0.3, -0.25) is 0 Å². The van der Waals surface area contributed by atoms with Crippen LogP contribution in [0, 0.1) is 17.5 Å². The molecule has 0 unspecified atom stereocenters. The first-order valence-electron chi connectivity index (χ1n) is 10.5. The summed E-state index contributed by atoms with van der Waals surface area (Å²) in [4.78, 5) is 0. The summed E-state index contributed by atoms with van der Waals surface area (Å²) in [5.74, 6) is -2.17. The van der Waals surface area contributed by atoms with Crippen LogP contribution in [0.1, 0.15) is 42.0 Å². The zero-order chi connectivity index (χ0) is 23.8. The van der Waals surface area contributed by atoms with Crippen molar-refractivity contribution in [3.8, 4) is 16.9 Å². The maximum Gasteiger partial charge on any atom is 0.573 e. The predicted octanol–water partition coefficient (Wildman–Crippen LogP) is 8.11. The van der Waals surface area contributed by atoms with Gasteiger partial charge in [0.1, 0.15) is 23.2 Å². The number of rotatable bonds is 5. The Kier molecular flexibility index (Phi) is 6.23. The monoisotopic (exact) mass is 462 g/mol. The van der Waals surface area contributed by atoms with Gasteiger partial charge in [-0.25, -0.2) is 13.2 Å². The van der Waals surface area contributed by atoms with E-state index < -0.39 is 29.6 Å². The molecule has 4 rings (SSSR count). The lowest BCUT2D eigenvalue weighted by molar-refractivity contribution is -0.274. The molecular weight excluding hydrogens is 442 g/mol. The summed E-state index contributed by atoms with van der Waals surface area (Å²) in [6.45, 7) is 1.93. The highest BCUT2D eigenvalue weighted by atomic mass is 19.4. The third-order valence-electron chi connectivity index (χ3n) is 5.61. The Labute approximate surface area is 187 Å². The van der Waals surface area contributed by atoms with Crippen LogP contribution in [0.3, 0.4) is 0 Å². The highest BCUT2D eigenvalue weighted by Gasteiger charge is 2.31. The second-order valence-corrected chi connectivity index (χ2v) is 7.92. The van der Waals surface area contributed by atoms with Crippen LogP contribution in [-0.2, 0) is 12.8 Å². The summed E-state index contributed by atoms with van der Waals surface area (Å²) < 4.78 is 85.4. The van der Waals surface area contributed by atoms with Crippen LogP contribution < -0.4 is 4.74 Å². The van der Waals surface area contributed by atoms with Crippen molar-refractivity contribution in [3.63, 3.8) is 0 Å². The standard InChI is InChI=1S/C26H20F6O/c1-2-3-15-12-22(27)24(23(28)13-15)18-7-11-21-17(14-18)6-10-20(25(21)29)16-4-8-19(9-5-16)33-26(30,31)32/h4-6,8-10,12-14H,2-3,7,11H2,1H3. The van der Waals surface area contributed by atoms with Crippen molar-refractivity contribution in [2.24, 2.45) is 0 Å². The molecule has 1 aliphatic carbocycles. The molecule has 172 valence electrons. The molecule has 33 heavy (non-hydrogen) atoms. The maximum absolute atomic E-state index is 15.2. The van der Waals surface area contributed by atoms with E-state index in [0.29, 0.717) is 34.2 Å². The van der Waals surface area contributed by atoms with Gasteiger partial charge in [0.25, 0.3) is 0 Å². The zero-order valence-electron chi connectivity index (χ0n) is 17.7. The molecule has 1 aliphatic rings. The van der Waals surface area contributed by atoms with Gasteiger partial charge in [0.05, 0.1) is 0 Å². The van der Waals surface area contributed by atoms with Crippen molar-refractivity contribution in [3.05, 3.63) is 88.2 Å². The van der Waals surface area contributed by atoms with Crippen LogP contribution in [0.5, 0.6) is 5.75 Å². The second-order valence-electron chi connectivity index (χ2n) is 7.92. The molecule has 0 fully saturated rings. The number of hydrogen-bond donors (Lipinski definition) is 0. The van der Waals surface area contributed by atoms with Crippen molar-refractivity contribution >= 4 is 11.6 Å². The molecule has 0 saturated carbocycles. The SMILES string of the molecule is CCCc1cc(F)c(C2=Cc3ccc(-c4ccc(OC(F)(F)F)cc4)c(F)c3CC2)c(F)c1. The molecule has 7 heteroatoms. The molecular formula is C26H20F6O. The van der Waals surface area contributed by atoms with E-state index in [2.05, 4.69) is 4.74 Å². The highest BCUT2D eigenvalue weighted by Crippen LogP contribution is 2.37. The van der Waals surface area contributed by atoms with E-state index in [4.69, 9.17) is 0 Å². The fourth-order valence-corrected chi connectivity index (χ4v) is 4.17. The lowest BCUT2D eigenvalue weighted by atomic mass is 9.86. The molecule has 1 nitrogen and oxygen atoms in total. The quantitative estimate of drug-likeness (QED) is 0.348. The van der Waals surface area contributed by atoms with E-state index in [-0.39, 0.29) is 24.0 Å². The van der Waals surface area contributed by atoms with Crippen LogP contribution in [0.4, 0.5) is 26.3 Å². The molecule has 3 aromatic carbocycles. The van der Waals surface area contributed by atoms with Gasteiger partial charge < -0.3 is 4.74 Å². The van der Waals surface area contributed by atoms with E-state index in [9.17, 15) is 22.0 Å². The van der Waals surface area contributed by atoms with Gasteiger partial charge >= 0.3 is 6.36 Å². The van der Waals surface area contributed by atoms with Gasteiger partial charge in [-0.1, -0.05) is 43.7 Å². The molecule has 0 amide bonds. The van der Waals surface area contributed by atoms with E-state index in [0.717, 1.165) is 18.6 Å². The molecule has 0 heterocycles. The Hall–Kier alpha value is -3.22. The summed E-state index contributed by atoms with van der Waals surface area (Å²) in [6, 6.07) is 10.8. The number of alkyl halides is 3. The predicted molar refractivity (Wildman–Crippen MR) is 115 cm³/mol. The zero-order valence-corrected chi connectivity index (χ0v) is 17.7. The summed E-state index contributed by atoms with van der Waals surface area (Å²) in [5.41, 5.74) is 2.50. The number of hydrogen-bond acceptors (Lipinski definition) is 1. The first-order valence-corrected chi connectivity index (χ1v) is 10.5. The van der Waals surface area contributed by atoms with Crippen LogP contribution in [-0.4, -0.2) is 6.36 Å². The van der Waals surface area contributed by atoms with Crippen molar-refractivity contribution < 1.29 is 31.1 Å². The normalized spacial score (nSPS) is 13.5. The maximum atomic E-state index is 15.2. The minimum absolute atomic E-state index is 0.0924. The number of ether oxygens (including phenoxy) is 1. The average molecular weight is 462 g/mol. The molecule has 0 N–H and O–H groups in total. The van der Waals surface area contributed by atoms with Crippen molar-refractivity contribution in [2.45, 2.75) is 39.0 Å². The Bertz CT molecular complexity index is 1190. The number of aryl methyl sites for hydroxylation is 1. The van der Waals surface area contributed by atoms with Crippen LogP contribution in [0.2, 0.25) is 0 Å². The summed E-state index contributed by atoms with van der Waals surface area (Å²) in [5, 5.41) is 0. The summed E-state index contributed by atoms with van der Waals surface area (Å²) in [7, 11) is 0. The third-order valence-corrected chi connectivity index (χ3v) is 5.61. The van der Waals surface area contributed by atoms with Gasteiger partial charge in [0, 0.05) is 11.1 Å². The Balaban J connectivity index is 1.65. The Morgan fingerprint density at radius 1 is 0.879 bits per heavy atom. The van der Waals surface area contributed by atoms with Gasteiger partial charge in [0.15, 0.2) is 0 Å². The minimum atomic E-state index is -4.81. The smallest absolute Gasteiger partial charge is 0.406 e. The molecule has 0 atom stereocenters. The van der Waals surface area contributed by atoms with Gasteiger partial charge in [-0.15, -0.1) is 13.2 Å². The van der Waals surface area contributed by atoms with E-state index in [1.165, 1.54) is 30.3 Å². The van der Waals surface area contributed by atoms with Gasteiger partial charge in [0.2, 0.25) is 0 Å². The van der Waals surface area contributed by atoms with Crippen LogP contribution >= 0.6 is 0 Å². The fourth-order valence-electron chi connectivity index (χ4n) is 4.17. The summed E-state index contributed by atoms with van der Waals surface area (Å²) in [6.07, 6.45) is -1.37. The molecule has 0 spiro atoms. The van der Waals surface area contributed by atoms with E-state index in [1.807, 2.05) is 6.92 Å². The molecule has 0 radical (unpaired) electrons. The number of halogens is 6. The Morgan fingerprint density at radius 3 is 2.15 bits per heavy atom. The van der Waals surface area contributed by atoms with E-state index in [1.54, 1.807) is 12.1 Å². The third kappa shape index (κ3) is 4.92. The van der Waals surface area contributed by atoms with Crippen LogP contribution in [0.15, 0.2) is 48.5 Å². The molecule has 3 aromatic rings. The lowest BCUT2D eigenvalue weighted by Crippen LogP contribution is -2.16. The van der Waals surface area contributed by atoms with Crippen LogP contribution in [0.25, 0.3) is 22.8 Å². The molecule has 0 aromatic heterocycles. The first-order chi connectivity index (χ1) is 15.7. The molecule has 0 saturated heterocycles. The largest absolute Gasteiger partial charge is 0.573 e. The molecule has 0 aliphatic heterocycles. The van der Waals surface area contributed by atoms with Crippen molar-refractivity contribution in [1.82, 2.24) is 0 Å². The molecule has 0 bridgehead atoms. The van der Waals surface area contributed by atoms with Crippen molar-refractivity contribution in [2.75, 3.05) is 0 Å². The minimum Gasteiger partial charge on any atom is -0.406 e. The first kappa shape index (κ1) is 23.0. The number of allylic oxidation sites excluding steroid dienone is 1. The fraction of sp³-hybridized carbons (Fsp3) is 0.231. The van der Waals surface area contributed by atoms with Gasteiger partial charge in [-0.05, 0) is 71.4 Å². The van der Waals surface area contributed by atoms with Gasteiger partial charge in [-0.2, -0.15) is 0 Å². The van der Waals surface area contributed by atoms with E-state index >= 15 is 4.39 Å². The Morgan fingerprint density at radius 2 is 1.55 bits per heavy atom. The van der Waals surface area contributed by atoms with Crippen molar-refractivity contribution in [1.29, 1.82) is 0 Å². The topological polar surface area (TPSA) is 9.23 Å². The summed E-state index contributed by atoms with van der Waals surface area (Å²) >= 11 is 0. The second kappa shape index (κ2) is 8.96. The number of fused-ring (bicyclic) bond motifs is 1.